The number of nitrogens with one attached hydrogen (secondary N) is 2. The van der Waals surface area contributed by atoms with Crippen LogP contribution in [-0.2, 0) is 4.79 Å². The maximum atomic E-state index is 11.7. The Labute approximate surface area is 125 Å². The molecule has 0 spiro atoms. The fraction of sp³-hybridized carbons (Fsp3) is 0.500. The Morgan fingerprint density at radius 2 is 2.05 bits per heavy atom. The van der Waals surface area contributed by atoms with Crippen LogP contribution in [0, 0.1) is 5.92 Å². The zero-order chi connectivity index (χ0) is 13.5. The van der Waals surface area contributed by atoms with Crippen molar-refractivity contribution in [1.82, 2.24) is 10.6 Å². The summed E-state index contributed by atoms with van der Waals surface area (Å²) in [5.74, 6) is 1.80. The van der Waals surface area contributed by atoms with Gasteiger partial charge in [-0.15, -0.1) is 12.4 Å². The molecular weight excluding hydrogens is 280 g/mol. The molecule has 2 rings (SSSR count). The van der Waals surface area contributed by atoms with Gasteiger partial charge in [0.05, 0.1) is 19.6 Å². The van der Waals surface area contributed by atoms with E-state index in [1.165, 1.54) is 0 Å². The number of benzene rings is 1. The van der Waals surface area contributed by atoms with Crippen molar-refractivity contribution in [3.05, 3.63) is 24.3 Å². The molecule has 0 saturated carbocycles. The largest absolute Gasteiger partial charge is 0.497 e. The number of methoxy groups -OCH3 is 1. The summed E-state index contributed by atoms with van der Waals surface area (Å²) in [5.41, 5.74) is 0. The highest BCUT2D eigenvalue weighted by atomic mass is 35.5. The quantitative estimate of drug-likeness (QED) is 0.776. The van der Waals surface area contributed by atoms with Crippen molar-refractivity contribution in [2.24, 2.45) is 5.92 Å². The Morgan fingerprint density at radius 3 is 2.65 bits per heavy atom. The molecule has 1 unspecified atom stereocenters. The van der Waals surface area contributed by atoms with Crippen LogP contribution in [0.1, 0.15) is 6.42 Å². The minimum Gasteiger partial charge on any atom is -0.497 e. The summed E-state index contributed by atoms with van der Waals surface area (Å²) in [6.45, 7) is 2.71. The second kappa shape index (κ2) is 8.66. The van der Waals surface area contributed by atoms with Crippen LogP contribution >= 0.6 is 12.4 Å². The fourth-order valence-corrected chi connectivity index (χ4v) is 2.04. The molecule has 1 fully saturated rings. The van der Waals surface area contributed by atoms with Gasteiger partial charge < -0.3 is 20.1 Å². The predicted molar refractivity (Wildman–Crippen MR) is 79.7 cm³/mol. The standard InChI is InChI=1S/C14H20N2O3.ClH/c1-18-12-2-4-13(5-3-12)19-9-8-16-14(17)11-6-7-15-10-11;/h2-5,11,15H,6-10H2,1H3,(H,16,17);1H. The molecule has 0 radical (unpaired) electrons. The highest BCUT2D eigenvalue weighted by molar-refractivity contribution is 5.85. The van der Waals surface area contributed by atoms with Crippen LogP contribution in [0.2, 0.25) is 0 Å². The van der Waals surface area contributed by atoms with Gasteiger partial charge in [-0.25, -0.2) is 0 Å². The lowest BCUT2D eigenvalue weighted by atomic mass is 10.1. The van der Waals surface area contributed by atoms with Crippen molar-refractivity contribution in [3.63, 3.8) is 0 Å². The van der Waals surface area contributed by atoms with Gasteiger partial charge in [-0.2, -0.15) is 0 Å². The van der Waals surface area contributed by atoms with Gasteiger partial charge in [0.25, 0.3) is 0 Å². The molecule has 1 amide bonds. The molecule has 1 aliphatic heterocycles. The van der Waals surface area contributed by atoms with Crippen LogP contribution in [0.25, 0.3) is 0 Å². The highest BCUT2D eigenvalue weighted by Crippen LogP contribution is 2.16. The van der Waals surface area contributed by atoms with Gasteiger partial charge in [0.2, 0.25) is 5.91 Å². The van der Waals surface area contributed by atoms with E-state index >= 15 is 0 Å². The van der Waals surface area contributed by atoms with Crippen molar-refractivity contribution >= 4 is 18.3 Å². The van der Waals surface area contributed by atoms with Crippen LogP contribution in [0.15, 0.2) is 24.3 Å². The molecular formula is C14H21ClN2O3. The SMILES string of the molecule is COc1ccc(OCCNC(=O)C2CCNC2)cc1.Cl. The van der Waals surface area contributed by atoms with Crippen molar-refractivity contribution in [2.45, 2.75) is 6.42 Å². The smallest absolute Gasteiger partial charge is 0.224 e. The average molecular weight is 301 g/mol. The lowest BCUT2D eigenvalue weighted by Crippen LogP contribution is -2.34. The van der Waals surface area contributed by atoms with Gasteiger partial charge in [-0.3, -0.25) is 4.79 Å². The highest BCUT2D eigenvalue weighted by Gasteiger charge is 2.21. The molecule has 1 saturated heterocycles. The molecule has 112 valence electrons. The predicted octanol–water partition coefficient (Wildman–Crippen LogP) is 1.22. The van der Waals surface area contributed by atoms with Crippen LogP contribution in [0.4, 0.5) is 0 Å². The molecule has 1 atom stereocenters. The zero-order valence-corrected chi connectivity index (χ0v) is 12.4. The van der Waals surface area contributed by atoms with E-state index in [0.29, 0.717) is 13.2 Å². The number of hydrogen-bond donors (Lipinski definition) is 2. The number of rotatable bonds is 6. The molecule has 6 heteroatoms. The summed E-state index contributed by atoms with van der Waals surface area (Å²) in [6, 6.07) is 7.39. The second-order valence-corrected chi connectivity index (χ2v) is 4.50. The van der Waals surface area contributed by atoms with Gasteiger partial charge in [-0.1, -0.05) is 0 Å². The van der Waals surface area contributed by atoms with Crippen molar-refractivity contribution in [3.8, 4) is 11.5 Å². The number of ether oxygens (including phenoxy) is 2. The molecule has 5 nitrogen and oxygen atoms in total. The summed E-state index contributed by atoms with van der Waals surface area (Å²) in [4.78, 5) is 11.7. The van der Waals surface area contributed by atoms with Crippen LogP contribution in [0.3, 0.4) is 0 Å². The minimum absolute atomic E-state index is 0. The zero-order valence-electron chi connectivity index (χ0n) is 11.6. The van der Waals surface area contributed by atoms with E-state index in [9.17, 15) is 4.79 Å². The van der Waals surface area contributed by atoms with E-state index in [2.05, 4.69) is 10.6 Å². The lowest BCUT2D eigenvalue weighted by molar-refractivity contribution is -0.124. The summed E-state index contributed by atoms with van der Waals surface area (Å²) >= 11 is 0. The topological polar surface area (TPSA) is 59.6 Å². The Hall–Kier alpha value is -1.46. The second-order valence-electron chi connectivity index (χ2n) is 4.50. The minimum atomic E-state index is 0. The third-order valence-corrected chi connectivity index (χ3v) is 3.16. The Kier molecular flexibility index (Phi) is 7.18. The van der Waals surface area contributed by atoms with E-state index in [4.69, 9.17) is 9.47 Å². The van der Waals surface area contributed by atoms with Gasteiger partial charge in [-0.05, 0) is 37.2 Å². The van der Waals surface area contributed by atoms with Crippen molar-refractivity contribution < 1.29 is 14.3 Å². The number of carbonyl (C=O) groups is 1. The monoisotopic (exact) mass is 300 g/mol. The number of hydrogen-bond acceptors (Lipinski definition) is 4. The molecule has 1 aromatic carbocycles. The van der Waals surface area contributed by atoms with E-state index in [0.717, 1.165) is 31.0 Å². The van der Waals surface area contributed by atoms with Gasteiger partial charge in [0.15, 0.2) is 0 Å². The van der Waals surface area contributed by atoms with Crippen molar-refractivity contribution in [1.29, 1.82) is 0 Å². The van der Waals surface area contributed by atoms with E-state index in [-0.39, 0.29) is 24.2 Å². The molecule has 1 heterocycles. The average Bonchev–Trinajstić information content (AvgIpc) is 2.98. The fourth-order valence-electron chi connectivity index (χ4n) is 2.04. The first-order valence-corrected chi connectivity index (χ1v) is 6.55. The van der Waals surface area contributed by atoms with Crippen LogP contribution in [-0.4, -0.2) is 39.3 Å². The first-order valence-electron chi connectivity index (χ1n) is 6.55. The molecule has 2 N–H and O–H groups in total. The lowest BCUT2D eigenvalue weighted by Gasteiger charge is -2.11. The Balaban J connectivity index is 0.00000200. The van der Waals surface area contributed by atoms with Crippen LogP contribution < -0.4 is 20.1 Å². The Morgan fingerprint density at radius 1 is 1.35 bits per heavy atom. The first kappa shape index (κ1) is 16.6. The van der Waals surface area contributed by atoms with Gasteiger partial charge in [0.1, 0.15) is 18.1 Å². The number of halogens is 1. The summed E-state index contributed by atoms with van der Waals surface area (Å²) in [5, 5.41) is 6.07. The normalized spacial score (nSPS) is 17.1. The van der Waals surface area contributed by atoms with Gasteiger partial charge in [0, 0.05) is 6.54 Å². The molecule has 0 aromatic heterocycles. The van der Waals surface area contributed by atoms with E-state index < -0.39 is 0 Å². The summed E-state index contributed by atoms with van der Waals surface area (Å²) in [6.07, 6.45) is 0.922. The van der Waals surface area contributed by atoms with E-state index in [1.807, 2.05) is 24.3 Å². The molecule has 0 bridgehead atoms. The molecule has 20 heavy (non-hydrogen) atoms. The molecule has 1 aliphatic rings. The molecule has 0 aliphatic carbocycles. The first-order chi connectivity index (χ1) is 9.29. The third kappa shape index (κ3) is 4.90. The maximum Gasteiger partial charge on any atom is 0.224 e. The van der Waals surface area contributed by atoms with Crippen LogP contribution in [0.5, 0.6) is 11.5 Å². The summed E-state index contributed by atoms with van der Waals surface area (Å²) < 4.78 is 10.6. The molecule has 1 aromatic rings. The Bertz CT molecular complexity index is 405. The number of amides is 1. The number of carbonyl (C=O) groups excluding carboxylic acids is 1. The van der Waals surface area contributed by atoms with Crippen molar-refractivity contribution in [2.75, 3.05) is 33.4 Å². The third-order valence-electron chi connectivity index (χ3n) is 3.16. The van der Waals surface area contributed by atoms with Gasteiger partial charge >= 0.3 is 0 Å². The maximum absolute atomic E-state index is 11.7. The summed E-state index contributed by atoms with van der Waals surface area (Å²) in [7, 11) is 1.63. The van der Waals surface area contributed by atoms with E-state index in [1.54, 1.807) is 7.11 Å².